The molecule has 2 rings (SSSR count). The zero-order chi connectivity index (χ0) is 10.3. The number of carbonyl (C=O) groups is 2. The molecular weight excluding hydrogens is 178 g/mol. The van der Waals surface area contributed by atoms with Crippen LogP contribution in [0.2, 0.25) is 0 Å². The molecule has 0 aromatic rings. The van der Waals surface area contributed by atoms with Crippen molar-refractivity contribution in [1.29, 1.82) is 5.26 Å². The summed E-state index contributed by atoms with van der Waals surface area (Å²) in [5.74, 6) is 0.469. The third-order valence-electron chi connectivity index (χ3n) is 3.73. The Morgan fingerprint density at radius 2 is 2.36 bits per heavy atom. The van der Waals surface area contributed by atoms with Gasteiger partial charge < -0.3 is 0 Å². The fourth-order valence-corrected chi connectivity index (χ4v) is 2.72. The van der Waals surface area contributed by atoms with Gasteiger partial charge in [-0.15, -0.1) is 0 Å². The molecule has 0 amide bonds. The van der Waals surface area contributed by atoms with Crippen LogP contribution in [0.15, 0.2) is 0 Å². The minimum absolute atomic E-state index is 0.0183. The molecule has 3 nitrogen and oxygen atoms in total. The molecule has 3 unspecified atom stereocenters. The molecule has 2 aliphatic rings. The van der Waals surface area contributed by atoms with Gasteiger partial charge in [0.1, 0.15) is 11.6 Å². The van der Waals surface area contributed by atoms with Crippen LogP contribution in [0.3, 0.4) is 0 Å². The van der Waals surface area contributed by atoms with Gasteiger partial charge in [-0.25, -0.2) is 0 Å². The van der Waals surface area contributed by atoms with E-state index >= 15 is 0 Å². The van der Waals surface area contributed by atoms with Crippen molar-refractivity contribution in [1.82, 2.24) is 0 Å². The van der Waals surface area contributed by atoms with E-state index in [1.54, 1.807) is 6.92 Å². The molecule has 2 saturated carbocycles. The molecule has 0 bridgehead atoms. The number of Topliss-reactive ketones (excluding diaryl/α,β-unsaturated/α-hetero) is 2. The molecular formula is C11H13NO2. The van der Waals surface area contributed by atoms with E-state index in [2.05, 4.69) is 6.07 Å². The first-order chi connectivity index (χ1) is 6.60. The minimum atomic E-state index is -0.461. The number of hydrogen-bond acceptors (Lipinski definition) is 3. The summed E-state index contributed by atoms with van der Waals surface area (Å²) in [6.45, 7) is 1.56. The summed E-state index contributed by atoms with van der Waals surface area (Å²) in [6, 6.07) is 2.20. The van der Waals surface area contributed by atoms with E-state index in [4.69, 9.17) is 5.26 Å². The van der Waals surface area contributed by atoms with Crippen LogP contribution < -0.4 is 0 Å². The Hall–Kier alpha value is -1.17. The van der Waals surface area contributed by atoms with Crippen LogP contribution in [0.5, 0.6) is 0 Å². The summed E-state index contributed by atoms with van der Waals surface area (Å²) in [6.07, 6.45) is 2.38. The van der Waals surface area contributed by atoms with E-state index in [9.17, 15) is 9.59 Å². The second kappa shape index (κ2) is 2.91. The van der Waals surface area contributed by atoms with Crippen LogP contribution in [0.4, 0.5) is 0 Å². The van der Waals surface area contributed by atoms with Crippen molar-refractivity contribution in [2.45, 2.75) is 32.6 Å². The van der Waals surface area contributed by atoms with Gasteiger partial charge in [0.15, 0.2) is 0 Å². The van der Waals surface area contributed by atoms with Crippen molar-refractivity contribution < 1.29 is 9.59 Å². The average Bonchev–Trinajstić information content (AvgIpc) is 2.83. The van der Waals surface area contributed by atoms with Crippen molar-refractivity contribution in [3.8, 4) is 6.07 Å². The molecule has 0 aromatic heterocycles. The average molecular weight is 191 g/mol. The Balaban J connectivity index is 2.22. The van der Waals surface area contributed by atoms with E-state index in [1.165, 1.54) is 0 Å². The molecule has 0 saturated heterocycles. The van der Waals surface area contributed by atoms with Crippen LogP contribution in [0, 0.1) is 28.6 Å². The second-order valence-corrected chi connectivity index (χ2v) is 4.51. The predicted molar refractivity (Wildman–Crippen MR) is 49.2 cm³/mol. The fraction of sp³-hybridized carbons (Fsp3) is 0.727. The molecule has 14 heavy (non-hydrogen) atoms. The fourth-order valence-electron chi connectivity index (χ4n) is 2.72. The normalized spacial score (nSPS) is 40.7. The van der Waals surface area contributed by atoms with Gasteiger partial charge in [0.05, 0.1) is 12.0 Å². The Labute approximate surface area is 83.1 Å². The molecule has 0 heterocycles. The lowest BCUT2D eigenvalue weighted by atomic mass is 9.76. The van der Waals surface area contributed by atoms with Gasteiger partial charge in [-0.3, -0.25) is 9.59 Å². The van der Waals surface area contributed by atoms with Gasteiger partial charge in [0, 0.05) is 18.3 Å². The molecule has 0 radical (unpaired) electrons. The first kappa shape index (κ1) is 9.39. The zero-order valence-electron chi connectivity index (χ0n) is 8.25. The van der Waals surface area contributed by atoms with Crippen LogP contribution in [-0.4, -0.2) is 11.6 Å². The van der Waals surface area contributed by atoms with Crippen LogP contribution in [0.1, 0.15) is 32.6 Å². The predicted octanol–water partition coefficient (Wildman–Crippen LogP) is 1.47. The molecule has 0 spiro atoms. The molecule has 2 fully saturated rings. The maximum Gasteiger partial charge on any atom is 0.136 e. The highest BCUT2D eigenvalue weighted by atomic mass is 16.1. The van der Waals surface area contributed by atoms with Crippen molar-refractivity contribution in [2.75, 3.05) is 0 Å². The Morgan fingerprint density at radius 3 is 2.71 bits per heavy atom. The SMILES string of the molecule is CC(=O)C1(C2CC2C#N)CCC(=O)C1. The quantitative estimate of drug-likeness (QED) is 0.664. The van der Waals surface area contributed by atoms with Crippen molar-refractivity contribution in [3.63, 3.8) is 0 Å². The third kappa shape index (κ3) is 1.18. The summed E-state index contributed by atoms with van der Waals surface area (Å²) in [5, 5.41) is 8.75. The van der Waals surface area contributed by atoms with Crippen LogP contribution in [-0.2, 0) is 9.59 Å². The molecule has 0 aromatic carbocycles. The zero-order valence-corrected chi connectivity index (χ0v) is 8.25. The van der Waals surface area contributed by atoms with Crippen LogP contribution >= 0.6 is 0 Å². The van der Waals surface area contributed by atoms with Gasteiger partial charge in [-0.2, -0.15) is 5.26 Å². The maximum absolute atomic E-state index is 11.6. The lowest BCUT2D eigenvalue weighted by Crippen LogP contribution is -2.29. The van der Waals surface area contributed by atoms with E-state index in [0.717, 1.165) is 6.42 Å². The number of rotatable bonds is 2. The molecule has 3 atom stereocenters. The molecule has 2 aliphatic carbocycles. The van der Waals surface area contributed by atoms with Gasteiger partial charge in [0.25, 0.3) is 0 Å². The molecule has 74 valence electrons. The summed E-state index contributed by atoms with van der Waals surface area (Å²) >= 11 is 0. The largest absolute Gasteiger partial charge is 0.300 e. The highest BCUT2D eigenvalue weighted by Crippen LogP contribution is 2.57. The van der Waals surface area contributed by atoms with Crippen molar-refractivity contribution >= 4 is 11.6 Å². The first-order valence-electron chi connectivity index (χ1n) is 5.02. The summed E-state index contributed by atoms with van der Waals surface area (Å²) in [5.41, 5.74) is -0.461. The standard InChI is InChI=1S/C11H13NO2/c1-7(13)11(3-2-9(14)5-11)10-4-8(10)6-12/h8,10H,2-5H2,1H3. The van der Waals surface area contributed by atoms with E-state index in [0.29, 0.717) is 19.3 Å². The number of nitrogens with zero attached hydrogens (tertiary/aromatic N) is 1. The first-order valence-corrected chi connectivity index (χ1v) is 5.02. The highest BCUT2D eigenvalue weighted by Gasteiger charge is 2.58. The smallest absolute Gasteiger partial charge is 0.136 e. The van der Waals surface area contributed by atoms with Crippen LogP contribution in [0.25, 0.3) is 0 Å². The topological polar surface area (TPSA) is 57.9 Å². The van der Waals surface area contributed by atoms with Crippen molar-refractivity contribution in [2.24, 2.45) is 17.3 Å². The number of carbonyl (C=O) groups excluding carboxylic acids is 2. The Kier molecular flexibility index (Phi) is 1.95. The Morgan fingerprint density at radius 1 is 1.64 bits per heavy atom. The number of hydrogen-bond donors (Lipinski definition) is 0. The van der Waals surface area contributed by atoms with E-state index < -0.39 is 5.41 Å². The summed E-state index contributed by atoms with van der Waals surface area (Å²) in [7, 11) is 0. The number of ketones is 2. The van der Waals surface area contributed by atoms with Gasteiger partial charge in [-0.1, -0.05) is 0 Å². The number of nitriles is 1. The molecule has 0 aliphatic heterocycles. The van der Waals surface area contributed by atoms with E-state index in [1.807, 2.05) is 0 Å². The van der Waals surface area contributed by atoms with Gasteiger partial charge in [-0.05, 0) is 25.7 Å². The monoisotopic (exact) mass is 191 g/mol. The lowest BCUT2D eigenvalue weighted by molar-refractivity contribution is -0.129. The lowest BCUT2D eigenvalue weighted by Gasteiger charge is -2.24. The maximum atomic E-state index is 11.6. The second-order valence-electron chi connectivity index (χ2n) is 4.51. The van der Waals surface area contributed by atoms with E-state index in [-0.39, 0.29) is 23.4 Å². The van der Waals surface area contributed by atoms with Gasteiger partial charge in [0.2, 0.25) is 0 Å². The third-order valence-corrected chi connectivity index (χ3v) is 3.73. The Bertz CT molecular complexity index is 342. The van der Waals surface area contributed by atoms with Crippen molar-refractivity contribution in [3.05, 3.63) is 0 Å². The summed E-state index contributed by atoms with van der Waals surface area (Å²) in [4.78, 5) is 22.9. The molecule has 3 heteroatoms. The van der Waals surface area contributed by atoms with Gasteiger partial charge >= 0.3 is 0 Å². The minimum Gasteiger partial charge on any atom is -0.300 e. The highest BCUT2D eigenvalue weighted by molar-refractivity contribution is 5.93. The summed E-state index contributed by atoms with van der Waals surface area (Å²) < 4.78 is 0. The molecule has 0 N–H and O–H groups in total.